The second-order valence-corrected chi connectivity index (χ2v) is 4.63. The first-order valence-corrected chi connectivity index (χ1v) is 6.47. The Balaban J connectivity index is 2.03. The van der Waals surface area contributed by atoms with Gasteiger partial charge in [-0.05, 0) is 25.0 Å². The van der Waals surface area contributed by atoms with Gasteiger partial charge in [0.2, 0.25) is 0 Å². The Morgan fingerprint density at radius 1 is 1.05 bits per heavy atom. The summed E-state index contributed by atoms with van der Waals surface area (Å²) in [5, 5.41) is 4.57. The number of benzene rings is 1. The number of nitrogens with zero attached hydrogens (tertiary/aromatic N) is 3. The summed E-state index contributed by atoms with van der Waals surface area (Å²) in [6.07, 6.45) is 3.38. The van der Waals surface area contributed by atoms with E-state index in [1.165, 1.54) is 12.8 Å². The minimum atomic E-state index is 0.745. The molecule has 1 aliphatic rings. The fourth-order valence-electron chi connectivity index (χ4n) is 2.34. The molecule has 2 heterocycles. The van der Waals surface area contributed by atoms with Gasteiger partial charge in [0.1, 0.15) is 17.3 Å². The minimum Gasteiger partial charge on any atom is -0.497 e. The first-order valence-electron chi connectivity index (χ1n) is 6.47. The Kier molecular flexibility index (Phi) is 3.11. The van der Waals surface area contributed by atoms with Crippen LogP contribution in [-0.2, 0) is 13.0 Å². The fraction of sp³-hybridized carbons (Fsp3) is 0.429. The van der Waals surface area contributed by atoms with E-state index in [-0.39, 0.29) is 0 Å². The van der Waals surface area contributed by atoms with Crippen molar-refractivity contribution in [3.05, 3.63) is 24.0 Å². The van der Waals surface area contributed by atoms with E-state index in [1.807, 2.05) is 22.9 Å². The zero-order chi connectivity index (χ0) is 13.2. The van der Waals surface area contributed by atoms with Crippen molar-refractivity contribution < 1.29 is 9.47 Å². The lowest BCUT2D eigenvalue weighted by Crippen LogP contribution is -2.11. The van der Waals surface area contributed by atoms with E-state index in [0.29, 0.717) is 0 Å². The van der Waals surface area contributed by atoms with Crippen molar-refractivity contribution in [3.8, 4) is 22.9 Å². The monoisotopic (exact) mass is 259 g/mol. The molecular weight excluding hydrogens is 242 g/mol. The SMILES string of the molecule is COc1cc(OC)cc(-c2nc3n(n2)CCCC3)c1. The van der Waals surface area contributed by atoms with Gasteiger partial charge in [0, 0.05) is 24.6 Å². The molecule has 0 bridgehead atoms. The van der Waals surface area contributed by atoms with Gasteiger partial charge in [-0.3, -0.25) is 0 Å². The molecule has 5 heteroatoms. The molecule has 0 radical (unpaired) electrons. The van der Waals surface area contributed by atoms with E-state index in [1.54, 1.807) is 14.2 Å². The summed E-state index contributed by atoms with van der Waals surface area (Å²) < 4.78 is 12.6. The van der Waals surface area contributed by atoms with Gasteiger partial charge in [-0.2, -0.15) is 5.10 Å². The molecule has 1 aromatic carbocycles. The molecular formula is C14H17N3O2. The first-order chi connectivity index (χ1) is 9.30. The number of ether oxygens (including phenoxy) is 2. The van der Waals surface area contributed by atoms with Gasteiger partial charge < -0.3 is 9.47 Å². The second kappa shape index (κ2) is 4.91. The van der Waals surface area contributed by atoms with Gasteiger partial charge in [-0.15, -0.1) is 0 Å². The minimum absolute atomic E-state index is 0.745. The van der Waals surface area contributed by atoms with Crippen LogP contribution in [0.4, 0.5) is 0 Å². The maximum atomic E-state index is 5.28. The normalized spacial score (nSPS) is 14.0. The van der Waals surface area contributed by atoms with Gasteiger partial charge >= 0.3 is 0 Å². The van der Waals surface area contributed by atoms with Crippen LogP contribution in [0.15, 0.2) is 18.2 Å². The van der Waals surface area contributed by atoms with Gasteiger partial charge in [0.15, 0.2) is 5.82 Å². The lowest BCUT2D eigenvalue weighted by molar-refractivity contribution is 0.394. The van der Waals surface area contributed by atoms with E-state index in [9.17, 15) is 0 Å². The van der Waals surface area contributed by atoms with Crippen LogP contribution >= 0.6 is 0 Å². The van der Waals surface area contributed by atoms with E-state index < -0.39 is 0 Å². The number of aromatic nitrogens is 3. The van der Waals surface area contributed by atoms with Crippen molar-refractivity contribution in [3.63, 3.8) is 0 Å². The quantitative estimate of drug-likeness (QED) is 0.848. The van der Waals surface area contributed by atoms with Crippen molar-refractivity contribution in [2.45, 2.75) is 25.8 Å². The number of methoxy groups -OCH3 is 2. The molecule has 0 saturated heterocycles. The zero-order valence-electron chi connectivity index (χ0n) is 11.2. The van der Waals surface area contributed by atoms with E-state index in [4.69, 9.17) is 9.47 Å². The fourth-order valence-corrected chi connectivity index (χ4v) is 2.34. The van der Waals surface area contributed by atoms with Crippen LogP contribution in [0.5, 0.6) is 11.5 Å². The molecule has 2 aromatic rings. The predicted molar refractivity (Wildman–Crippen MR) is 71.5 cm³/mol. The highest BCUT2D eigenvalue weighted by atomic mass is 16.5. The van der Waals surface area contributed by atoms with Crippen molar-refractivity contribution in [2.24, 2.45) is 0 Å². The van der Waals surface area contributed by atoms with Crippen LogP contribution in [0.2, 0.25) is 0 Å². The summed E-state index contributed by atoms with van der Waals surface area (Å²) in [5.74, 6) is 3.32. The molecule has 19 heavy (non-hydrogen) atoms. The first kappa shape index (κ1) is 12.0. The topological polar surface area (TPSA) is 49.2 Å². The summed E-state index contributed by atoms with van der Waals surface area (Å²) in [6.45, 7) is 0.962. The van der Waals surface area contributed by atoms with Crippen LogP contribution in [0.1, 0.15) is 18.7 Å². The standard InChI is InChI=1S/C14H17N3O2/c1-18-11-7-10(8-12(9-11)19-2)14-15-13-5-3-4-6-17(13)16-14/h7-9H,3-6H2,1-2H3. The molecule has 3 rings (SSSR count). The molecule has 0 aliphatic carbocycles. The number of rotatable bonds is 3. The van der Waals surface area contributed by atoms with Gasteiger partial charge in [0.05, 0.1) is 14.2 Å². The highest BCUT2D eigenvalue weighted by Gasteiger charge is 2.16. The lowest BCUT2D eigenvalue weighted by atomic mass is 10.2. The van der Waals surface area contributed by atoms with Crippen molar-refractivity contribution >= 4 is 0 Å². The predicted octanol–water partition coefficient (Wildman–Crippen LogP) is 2.30. The third-order valence-corrected chi connectivity index (χ3v) is 3.38. The van der Waals surface area contributed by atoms with Crippen molar-refractivity contribution in [1.82, 2.24) is 14.8 Å². The third kappa shape index (κ3) is 2.28. The van der Waals surface area contributed by atoms with Gasteiger partial charge in [-0.25, -0.2) is 9.67 Å². The third-order valence-electron chi connectivity index (χ3n) is 3.38. The Morgan fingerprint density at radius 3 is 2.42 bits per heavy atom. The number of aryl methyl sites for hydroxylation is 2. The molecule has 1 aliphatic heterocycles. The maximum absolute atomic E-state index is 5.28. The Hall–Kier alpha value is -2.04. The molecule has 0 spiro atoms. The number of hydrogen-bond donors (Lipinski definition) is 0. The van der Waals surface area contributed by atoms with Crippen LogP contribution < -0.4 is 9.47 Å². The summed E-state index contributed by atoms with van der Waals surface area (Å²) in [7, 11) is 3.29. The largest absolute Gasteiger partial charge is 0.497 e. The Bertz CT molecular complexity index is 547. The molecule has 5 nitrogen and oxygen atoms in total. The summed E-state index contributed by atoms with van der Waals surface area (Å²) in [4.78, 5) is 4.61. The van der Waals surface area contributed by atoms with Gasteiger partial charge in [0.25, 0.3) is 0 Å². The molecule has 0 N–H and O–H groups in total. The Morgan fingerprint density at radius 2 is 1.79 bits per heavy atom. The smallest absolute Gasteiger partial charge is 0.181 e. The van der Waals surface area contributed by atoms with Crippen LogP contribution in [0.3, 0.4) is 0 Å². The van der Waals surface area contributed by atoms with E-state index in [2.05, 4.69) is 10.1 Å². The molecule has 100 valence electrons. The molecule has 0 unspecified atom stereocenters. The highest BCUT2D eigenvalue weighted by Crippen LogP contribution is 2.28. The number of fused-ring (bicyclic) bond motifs is 1. The molecule has 1 aromatic heterocycles. The average Bonchev–Trinajstić information content (AvgIpc) is 2.90. The maximum Gasteiger partial charge on any atom is 0.181 e. The van der Waals surface area contributed by atoms with Crippen LogP contribution in [0.25, 0.3) is 11.4 Å². The highest BCUT2D eigenvalue weighted by molar-refractivity contribution is 5.60. The summed E-state index contributed by atoms with van der Waals surface area (Å²) >= 11 is 0. The van der Waals surface area contributed by atoms with E-state index >= 15 is 0 Å². The van der Waals surface area contributed by atoms with Crippen LogP contribution in [-0.4, -0.2) is 29.0 Å². The van der Waals surface area contributed by atoms with Crippen molar-refractivity contribution in [2.75, 3.05) is 14.2 Å². The lowest BCUT2D eigenvalue weighted by Gasteiger charge is -2.09. The average molecular weight is 259 g/mol. The molecule has 0 atom stereocenters. The van der Waals surface area contributed by atoms with E-state index in [0.717, 1.165) is 41.7 Å². The molecule has 0 saturated carbocycles. The molecule has 0 amide bonds. The molecule has 0 fully saturated rings. The number of hydrogen-bond acceptors (Lipinski definition) is 4. The van der Waals surface area contributed by atoms with Crippen LogP contribution in [0, 0.1) is 0 Å². The summed E-state index contributed by atoms with van der Waals surface area (Å²) in [5.41, 5.74) is 0.929. The van der Waals surface area contributed by atoms with Gasteiger partial charge in [-0.1, -0.05) is 0 Å². The second-order valence-electron chi connectivity index (χ2n) is 4.63. The zero-order valence-corrected chi connectivity index (χ0v) is 11.2. The van der Waals surface area contributed by atoms with Crippen molar-refractivity contribution in [1.29, 1.82) is 0 Å². The Labute approximate surface area is 112 Å². The summed E-state index contributed by atoms with van der Waals surface area (Å²) in [6, 6.07) is 5.72.